The molecule has 11 heavy (non-hydrogen) atoms. The zero-order valence-corrected chi connectivity index (χ0v) is 8.06. The summed E-state index contributed by atoms with van der Waals surface area (Å²) in [6.07, 6.45) is 1.05. The third-order valence-electron chi connectivity index (χ3n) is 1.22. The average molecular weight is 186 g/mol. The van der Waals surface area contributed by atoms with Gasteiger partial charge in [-0.2, -0.15) is 0 Å². The summed E-state index contributed by atoms with van der Waals surface area (Å²) < 4.78 is 0.841. The molecule has 0 aromatic rings. The highest BCUT2D eigenvalue weighted by molar-refractivity contribution is 5.66. The van der Waals surface area contributed by atoms with Gasteiger partial charge in [0.25, 0.3) is 0 Å². The van der Waals surface area contributed by atoms with Gasteiger partial charge in [-0.1, -0.05) is 0 Å². The summed E-state index contributed by atoms with van der Waals surface area (Å²) in [6, 6.07) is 0. The molecule has 3 nitrogen and oxygen atoms in total. The minimum atomic E-state index is -0.701. The minimum Gasteiger partial charge on any atom is -1.00 e. The van der Waals surface area contributed by atoms with E-state index in [4.69, 9.17) is 5.11 Å². The summed E-state index contributed by atoms with van der Waals surface area (Å²) in [7, 11) is 6.17. The lowest BCUT2D eigenvalue weighted by molar-refractivity contribution is -0.870. The number of quaternary nitrogens is 1. The first-order chi connectivity index (χ1) is 4.42. The molecular formula is C7H16ClNO2. The molecule has 4 heteroatoms. The van der Waals surface area contributed by atoms with E-state index in [2.05, 4.69) is 21.1 Å². The van der Waals surface area contributed by atoms with Crippen molar-refractivity contribution < 1.29 is 26.8 Å². The predicted molar refractivity (Wildman–Crippen MR) is 39.8 cm³/mol. The quantitative estimate of drug-likeness (QED) is 0.391. The van der Waals surface area contributed by atoms with E-state index in [0.717, 1.165) is 17.4 Å². The smallest absolute Gasteiger partial charge is 0.303 e. The van der Waals surface area contributed by atoms with Gasteiger partial charge in [0.15, 0.2) is 0 Å². The molecule has 0 fully saturated rings. The number of carboxylic acids is 1. The SMILES string of the molecule is C[N+](C)(C)[13CH2][13CH2][13CH2][13C](=O)O.[Cl-]. The third-order valence-corrected chi connectivity index (χ3v) is 1.22. The molecule has 0 aromatic heterocycles. The van der Waals surface area contributed by atoms with Crippen LogP contribution in [0.2, 0.25) is 0 Å². The summed E-state index contributed by atoms with van der Waals surface area (Å²) in [6.45, 7) is 0.923. The molecule has 0 saturated heterocycles. The molecule has 0 amide bonds. The Morgan fingerprint density at radius 2 is 1.82 bits per heavy atom. The van der Waals surface area contributed by atoms with Crippen LogP contribution in [-0.2, 0) is 4.79 Å². The zero-order valence-electron chi connectivity index (χ0n) is 7.30. The molecule has 0 bridgehead atoms. The van der Waals surface area contributed by atoms with Crippen molar-refractivity contribution in [3.8, 4) is 0 Å². The van der Waals surface area contributed by atoms with Gasteiger partial charge in [0, 0.05) is 6.42 Å². The highest BCUT2D eigenvalue weighted by Gasteiger charge is 2.07. The molecule has 0 aliphatic heterocycles. The van der Waals surface area contributed by atoms with Crippen LogP contribution >= 0.6 is 0 Å². The lowest BCUT2D eigenvalue weighted by Crippen LogP contribution is -3.00. The number of aliphatic carboxylic acids is 1. The highest BCUT2D eigenvalue weighted by atomic mass is 35.5. The Balaban J connectivity index is 0. The van der Waals surface area contributed by atoms with E-state index < -0.39 is 5.97 Å². The van der Waals surface area contributed by atoms with Crippen molar-refractivity contribution >= 4 is 5.97 Å². The standard InChI is InChI=1S/C7H15NO2.ClH/c1-8(2,3)6-4-5-7(9)10;/h4-6H2,1-3H3;1H/i4+1,5+1,6+1,7+1;. The Hall–Kier alpha value is -0.280. The fraction of sp³-hybridized carbons (Fsp3) is 0.857. The maximum atomic E-state index is 10.1. The van der Waals surface area contributed by atoms with Crippen LogP contribution in [0.1, 0.15) is 12.8 Å². The number of hydrogen-bond donors (Lipinski definition) is 1. The lowest BCUT2D eigenvalue weighted by atomic mass is 10.8. The zero-order chi connectivity index (χ0) is 8.20. The van der Waals surface area contributed by atoms with E-state index in [1.807, 2.05) is 0 Å². The van der Waals surface area contributed by atoms with E-state index in [9.17, 15) is 4.79 Å². The largest absolute Gasteiger partial charge is 1.00 e. The van der Waals surface area contributed by atoms with Crippen LogP contribution in [0.15, 0.2) is 0 Å². The van der Waals surface area contributed by atoms with E-state index in [0.29, 0.717) is 0 Å². The number of hydrogen-bond acceptors (Lipinski definition) is 1. The number of nitrogens with zero attached hydrogens (tertiary/aromatic N) is 1. The van der Waals surface area contributed by atoms with Crippen LogP contribution in [0.5, 0.6) is 0 Å². The van der Waals surface area contributed by atoms with Gasteiger partial charge in [-0.15, -0.1) is 0 Å². The third kappa shape index (κ3) is 12.8. The molecule has 0 radical (unpaired) electrons. The van der Waals surface area contributed by atoms with Crippen molar-refractivity contribution in [1.82, 2.24) is 0 Å². The first-order valence-electron chi connectivity index (χ1n) is 3.44. The van der Waals surface area contributed by atoms with Gasteiger partial charge >= 0.3 is 5.97 Å². The number of carbonyl (C=O) groups is 1. The van der Waals surface area contributed by atoms with Gasteiger partial charge in [0.05, 0.1) is 34.1 Å². The second-order valence-corrected chi connectivity index (χ2v) is 3.51. The molecule has 0 spiro atoms. The van der Waals surface area contributed by atoms with Crippen LogP contribution < -0.4 is 12.4 Å². The topological polar surface area (TPSA) is 37.3 Å². The normalized spacial score (nSPS) is 10.5. The lowest BCUT2D eigenvalue weighted by Gasteiger charge is -2.23. The molecule has 0 saturated carbocycles. The highest BCUT2D eigenvalue weighted by Crippen LogP contribution is 1.96. The summed E-state index contributed by atoms with van der Waals surface area (Å²) >= 11 is 0. The molecule has 68 valence electrons. The Labute approximate surface area is 74.0 Å². The van der Waals surface area contributed by atoms with Crippen LogP contribution in [0.3, 0.4) is 0 Å². The van der Waals surface area contributed by atoms with E-state index in [-0.39, 0.29) is 18.8 Å². The molecule has 0 aliphatic carbocycles. The fourth-order valence-electron chi connectivity index (χ4n) is 0.705. The molecule has 0 aliphatic rings. The number of halogens is 1. The molecule has 0 aromatic carbocycles. The van der Waals surface area contributed by atoms with Crippen LogP contribution in [0.4, 0.5) is 0 Å². The van der Waals surface area contributed by atoms with Crippen molar-refractivity contribution in [2.24, 2.45) is 0 Å². The van der Waals surface area contributed by atoms with E-state index in [1.54, 1.807) is 0 Å². The van der Waals surface area contributed by atoms with Crippen LogP contribution in [-0.4, -0.2) is 43.2 Å². The predicted octanol–water partition coefficient (Wildman–Crippen LogP) is -2.44. The Kier molecular flexibility index (Phi) is 6.52. The molecule has 0 atom stereocenters. The second-order valence-electron chi connectivity index (χ2n) is 3.51. The van der Waals surface area contributed by atoms with E-state index >= 15 is 0 Å². The first-order valence-corrected chi connectivity index (χ1v) is 3.44. The van der Waals surface area contributed by atoms with Crippen LogP contribution in [0.25, 0.3) is 0 Å². The molecule has 1 N–H and O–H groups in total. The van der Waals surface area contributed by atoms with Crippen LogP contribution in [0, 0.1) is 0 Å². The Bertz CT molecular complexity index is 120. The molecular weight excluding hydrogens is 170 g/mol. The maximum absolute atomic E-state index is 10.1. The fourth-order valence-corrected chi connectivity index (χ4v) is 0.705. The summed E-state index contributed by atoms with van der Waals surface area (Å²) in [4.78, 5) is 10.1. The first kappa shape index (κ1) is 13.3. The number of carboxylic acid groups (broad SMARTS) is 1. The van der Waals surface area contributed by atoms with Crippen molar-refractivity contribution in [2.45, 2.75) is 12.8 Å². The molecule has 0 rings (SSSR count). The minimum absolute atomic E-state index is 0. The van der Waals surface area contributed by atoms with Gasteiger partial charge in [0.2, 0.25) is 0 Å². The summed E-state index contributed by atoms with van der Waals surface area (Å²) in [5, 5.41) is 8.30. The van der Waals surface area contributed by atoms with Crippen molar-refractivity contribution in [3.05, 3.63) is 0 Å². The maximum Gasteiger partial charge on any atom is 0.303 e. The Morgan fingerprint density at radius 3 is 2.09 bits per heavy atom. The van der Waals surface area contributed by atoms with Gasteiger partial charge < -0.3 is 22.0 Å². The van der Waals surface area contributed by atoms with Crippen molar-refractivity contribution in [1.29, 1.82) is 0 Å². The average Bonchev–Trinajstić information content (AvgIpc) is 1.59. The van der Waals surface area contributed by atoms with Crippen molar-refractivity contribution in [2.75, 3.05) is 27.7 Å². The monoisotopic (exact) mass is 185 g/mol. The van der Waals surface area contributed by atoms with Gasteiger partial charge in [-0.3, -0.25) is 4.79 Å². The van der Waals surface area contributed by atoms with Gasteiger partial charge in [0.1, 0.15) is 0 Å². The van der Waals surface area contributed by atoms with Gasteiger partial charge in [-0.05, 0) is 0 Å². The van der Waals surface area contributed by atoms with Crippen molar-refractivity contribution in [3.63, 3.8) is 0 Å². The van der Waals surface area contributed by atoms with Gasteiger partial charge in [-0.25, -0.2) is 0 Å². The summed E-state index contributed by atoms with van der Waals surface area (Å²) in [5.41, 5.74) is 0. The second kappa shape index (κ2) is 5.38. The molecule has 0 heterocycles. The van der Waals surface area contributed by atoms with E-state index in [1.165, 1.54) is 0 Å². The molecule has 0 unspecified atom stereocenters. The Morgan fingerprint density at radius 1 is 1.36 bits per heavy atom. The number of rotatable bonds is 4. The summed E-state index contributed by atoms with van der Waals surface area (Å²) in [5.74, 6) is -0.701.